The first-order chi connectivity index (χ1) is 8.15. The van der Waals surface area contributed by atoms with Crippen LogP contribution < -0.4 is 0 Å². The number of hydrogen-bond acceptors (Lipinski definition) is 0. The van der Waals surface area contributed by atoms with Gasteiger partial charge in [0.25, 0.3) is 0 Å². The van der Waals surface area contributed by atoms with Crippen LogP contribution in [0.4, 0.5) is 0 Å². The zero-order chi connectivity index (χ0) is 12.3. The van der Waals surface area contributed by atoms with Gasteiger partial charge in [-0.05, 0) is 41.8 Å². The second kappa shape index (κ2) is 6.03. The topological polar surface area (TPSA) is 0 Å². The summed E-state index contributed by atoms with van der Waals surface area (Å²) >= 11 is 13.2. The van der Waals surface area contributed by atoms with Crippen LogP contribution in [0, 0.1) is 0 Å². The van der Waals surface area contributed by atoms with Gasteiger partial charge in [-0.1, -0.05) is 67.7 Å². The molecule has 88 valence electrons. The largest absolute Gasteiger partial charge is 0.0843 e. The SMILES string of the molecule is Clc1cccc(C(Br)Cc2cccc(Br)c2)c1. The van der Waals surface area contributed by atoms with Crippen LogP contribution in [0.3, 0.4) is 0 Å². The van der Waals surface area contributed by atoms with Gasteiger partial charge >= 0.3 is 0 Å². The van der Waals surface area contributed by atoms with E-state index in [9.17, 15) is 0 Å². The fraction of sp³-hybridized carbons (Fsp3) is 0.143. The molecule has 0 bridgehead atoms. The molecule has 3 heteroatoms. The van der Waals surface area contributed by atoms with Crippen LogP contribution in [0.2, 0.25) is 5.02 Å². The highest BCUT2D eigenvalue weighted by Crippen LogP contribution is 2.29. The molecule has 0 aliphatic carbocycles. The Bertz CT molecular complexity index is 511. The number of hydrogen-bond donors (Lipinski definition) is 0. The summed E-state index contributed by atoms with van der Waals surface area (Å²) in [4.78, 5) is 0.287. The molecule has 1 atom stereocenters. The minimum atomic E-state index is 0.287. The van der Waals surface area contributed by atoms with Gasteiger partial charge in [-0.15, -0.1) is 0 Å². The molecule has 0 saturated heterocycles. The van der Waals surface area contributed by atoms with Crippen molar-refractivity contribution in [3.05, 3.63) is 69.2 Å². The third kappa shape index (κ3) is 3.84. The van der Waals surface area contributed by atoms with Gasteiger partial charge in [0.05, 0.1) is 0 Å². The van der Waals surface area contributed by atoms with Crippen LogP contribution in [-0.2, 0) is 6.42 Å². The average Bonchev–Trinajstić information content (AvgIpc) is 2.29. The molecule has 0 heterocycles. The third-order valence-corrected chi connectivity index (χ3v) is 4.10. The molecule has 2 aromatic carbocycles. The van der Waals surface area contributed by atoms with Gasteiger partial charge in [-0.3, -0.25) is 0 Å². The smallest absolute Gasteiger partial charge is 0.0436 e. The highest BCUT2D eigenvalue weighted by molar-refractivity contribution is 9.10. The van der Waals surface area contributed by atoms with E-state index in [4.69, 9.17) is 11.6 Å². The first-order valence-corrected chi connectivity index (χ1v) is 7.38. The van der Waals surface area contributed by atoms with E-state index in [1.807, 2.05) is 24.3 Å². The molecule has 17 heavy (non-hydrogen) atoms. The molecule has 1 unspecified atom stereocenters. The third-order valence-electron chi connectivity index (χ3n) is 2.51. The number of alkyl halides is 1. The average molecular weight is 375 g/mol. The fourth-order valence-corrected chi connectivity index (χ4v) is 2.99. The Labute approximate surface area is 123 Å². The molecule has 0 spiro atoms. The van der Waals surface area contributed by atoms with Crippen molar-refractivity contribution < 1.29 is 0 Å². The van der Waals surface area contributed by atoms with Crippen molar-refractivity contribution in [1.29, 1.82) is 0 Å². The molecule has 0 aromatic heterocycles. The molecule has 0 aliphatic heterocycles. The van der Waals surface area contributed by atoms with E-state index in [0.29, 0.717) is 0 Å². The van der Waals surface area contributed by atoms with Crippen LogP contribution >= 0.6 is 43.5 Å². The van der Waals surface area contributed by atoms with Crippen molar-refractivity contribution in [1.82, 2.24) is 0 Å². The Kier molecular flexibility index (Phi) is 4.66. The molecule has 0 aliphatic rings. The van der Waals surface area contributed by atoms with E-state index < -0.39 is 0 Å². The Balaban J connectivity index is 2.14. The Morgan fingerprint density at radius 2 is 1.82 bits per heavy atom. The van der Waals surface area contributed by atoms with Crippen LogP contribution in [-0.4, -0.2) is 0 Å². The van der Waals surface area contributed by atoms with E-state index in [1.54, 1.807) is 0 Å². The van der Waals surface area contributed by atoms with Crippen LogP contribution in [0.25, 0.3) is 0 Å². The maximum Gasteiger partial charge on any atom is 0.0436 e. The summed E-state index contributed by atoms with van der Waals surface area (Å²) in [7, 11) is 0. The molecule has 0 saturated carbocycles. The molecule has 0 fully saturated rings. The molecule has 0 nitrogen and oxygen atoms in total. The quantitative estimate of drug-likeness (QED) is 0.597. The highest BCUT2D eigenvalue weighted by Gasteiger charge is 2.08. The summed E-state index contributed by atoms with van der Waals surface area (Å²) in [6.07, 6.45) is 0.944. The molecular formula is C14H11Br2Cl. The fourth-order valence-electron chi connectivity index (χ4n) is 1.69. The summed E-state index contributed by atoms with van der Waals surface area (Å²) in [6, 6.07) is 16.3. The van der Waals surface area contributed by atoms with Crippen LogP contribution in [0.1, 0.15) is 16.0 Å². The van der Waals surface area contributed by atoms with Crippen LogP contribution in [0.5, 0.6) is 0 Å². The molecule has 0 radical (unpaired) electrons. The van der Waals surface area contributed by atoms with E-state index in [-0.39, 0.29) is 4.83 Å². The lowest BCUT2D eigenvalue weighted by Crippen LogP contribution is -1.95. The summed E-state index contributed by atoms with van der Waals surface area (Å²) in [6.45, 7) is 0. The Morgan fingerprint density at radius 3 is 2.53 bits per heavy atom. The van der Waals surface area contributed by atoms with Crippen molar-refractivity contribution in [3.63, 3.8) is 0 Å². The predicted octanol–water partition coefficient (Wildman–Crippen LogP) is 5.78. The minimum absolute atomic E-state index is 0.287. The van der Waals surface area contributed by atoms with Gasteiger partial charge in [0, 0.05) is 14.3 Å². The minimum Gasteiger partial charge on any atom is -0.0843 e. The molecule has 0 N–H and O–H groups in total. The zero-order valence-corrected chi connectivity index (χ0v) is 13.0. The van der Waals surface area contributed by atoms with Crippen molar-refractivity contribution in [3.8, 4) is 0 Å². The van der Waals surface area contributed by atoms with E-state index in [1.165, 1.54) is 11.1 Å². The van der Waals surface area contributed by atoms with Gasteiger partial charge in [0.15, 0.2) is 0 Å². The lowest BCUT2D eigenvalue weighted by atomic mass is 10.0. The first-order valence-electron chi connectivity index (χ1n) is 5.29. The lowest BCUT2D eigenvalue weighted by molar-refractivity contribution is 0.948. The Hall–Kier alpha value is -0.310. The zero-order valence-electron chi connectivity index (χ0n) is 9.04. The summed E-state index contributed by atoms with van der Waals surface area (Å²) < 4.78 is 1.11. The predicted molar refractivity (Wildman–Crippen MR) is 81.0 cm³/mol. The number of halogens is 3. The van der Waals surface area contributed by atoms with Crippen LogP contribution in [0.15, 0.2) is 53.0 Å². The molecule has 2 aromatic rings. The maximum absolute atomic E-state index is 5.99. The second-order valence-corrected chi connectivity index (χ2v) is 6.31. The van der Waals surface area contributed by atoms with Gasteiger partial charge in [-0.25, -0.2) is 0 Å². The molecule has 2 rings (SSSR count). The standard InChI is InChI=1S/C14H11Br2Cl/c15-12-5-1-3-10(7-12)8-14(16)11-4-2-6-13(17)9-11/h1-7,9,14H,8H2. The van der Waals surface area contributed by atoms with Gasteiger partial charge in [0.2, 0.25) is 0 Å². The summed E-state index contributed by atoms with van der Waals surface area (Å²) in [5, 5.41) is 0.779. The monoisotopic (exact) mass is 372 g/mol. The summed E-state index contributed by atoms with van der Waals surface area (Å²) in [5.41, 5.74) is 2.50. The van der Waals surface area contributed by atoms with E-state index >= 15 is 0 Å². The van der Waals surface area contributed by atoms with Gasteiger partial charge in [0.1, 0.15) is 0 Å². The van der Waals surface area contributed by atoms with Gasteiger partial charge in [-0.2, -0.15) is 0 Å². The van der Waals surface area contributed by atoms with Crippen molar-refractivity contribution in [2.75, 3.05) is 0 Å². The second-order valence-electron chi connectivity index (χ2n) is 3.86. The van der Waals surface area contributed by atoms with Gasteiger partial charge < -0.3 is 0 Å². The Morgan fingerprint density at radius 1 is 1.06 bits per heavy atom. The molecular weight excluding hydrogens is 363 g/mol. The summed E-state index contributed by atoms with van der Waals surface area (Å²) in [5.74, 6) is 0. The normalized spacial score (nSPS) is 12.4. The van der Waals surface area contributed by atoms with Crippen molar-refractivity contribution in [2.24, 2.45) is 0 Å². The van der Waals surface area contributed by atoms with Crippen molar-refractivity contribution >= 4 is 43.5 Å². The number of benzene rings is 2. The maximum atomic E-state index is 5.99. The molecule has 0 amide bonds. The number of rotatable bonds is 3. The van der Waals surface area contributed by atoms with E-state index in [0.717, 1.165) is 15.9 Å². The first kappa shape index (κ1) is 13.1. The van der Waals surface area contributed by atoms with Crippen molar-refractivity contribution in [2.45, 2.75) is 11.2 Å². The lowest BCUT2D eigenvalue weighted by Gasteiger charge is -2.11. The van der Waals surface area contributed by atoms with E-state index in [2.05, 4.69) is 56.1 Å². The highest BCUT2D eigenvalue weighted by atomic mass is 79.9.